The first kappa shape index (κ1) is 15.3. The van der Waals surface area contributed by atoms with E-state index in [9.17, 15) is 9.59 Å². The Morgan fingerprint density at radius 3 is 2.67 bits per heavy atom. The number of carboxylic acids is 1. The maximum absolute atomic E-state index is 11.6. The van der Waals surface area contributed by atoms with E-state index in [1.165, 1.54) is 0 Å². The predicted molar refractivity (Wildman–Crippen MR) is 69.8 cm³/mol. The molecule has 0 aliphatic carbocycles. The summed E-state index contributed by atoms with van der Waals surface area (Å²) in [5.74, 6) is -0.690. The van der Waals surface area contributed by atoms with Gasteiger partial charge in [-0.05, 0) is 25.4 Å². The number of carbonyl (C=O) groups is 2. The summed E-state index contributed by atoms with van der Waals surface area (Å²) >= 11 is 1.55. The van der Waals surface area contributed by atoms with Gasteiger partial charge >= 0.3 is 5.97 Å². The van der Waals surface area contributed by atoms with Crippen molar-refractivity contribution in [1.29, 1.82) is 0 Å². The van der Waals surface area contributed by atoms with Gasteiger partial charge in [-0.1, -0.05) is 0 Å². The molecular formula is C11H20N2O4S. The minimum atomic E-state index is -1.01. The molecule has 0 saturated carbocycles. The van der Waals surface area contributed by atoms with E-state index in [0.29, 0.717) is 12.2 Å². The number of thioether (sulfide) groups is 1. The standard InChI is InChI=1S/C11H20N2O4S/c1-11(6-12-7-11)17-5-9(14)13-8(10(15)16)3-4-18-2/h8,12H,3-7H2,1-2H3,(H,13,14)(H,15,16)/t8-/m0/s1. The molecule has 1 atom stereocenters. The van der Waals surface area contributed by atoms with Gasteiger partial charge in [0, 0.05) is 13.1 Å². The van der Waals surface area contributed by atoms with Crippen LogP contribution in [0.15, 0.2) is 0 Å². The SMILES string of the molecule is CSCC[C@H](NC(=O)COC1(C)CNC1)C(=O)O. The second-order valence-corrected chi connectivity index (χ2v) is 5.57. The highest BCUT2D eigenvalue weighted by Crippen LogP contribution is 2.14. The predicted octanol–water partition coefficient (Wildman–Crippen LogP) is -0.313. The quantitative estimate of drug-likeness (QED) is 0.563. The summed E-state index contributed by atoms with van der Waals surface area (Å²) in [6.07, 6.45) is 2.31. The zero-order valence-electron chi connectivity index (χ0n) is 10.7. The molecule has 1 rings (SSSR count). The molecule has 1 aliphatic heterocycles. The van der Waals surface area contributed by atoms with Crippen LogP contribution >= 0.6 is 11.8 Å². The molecule has 1 amide bonds. The number of nitrogens with one attached hydrogen (secondary N) is 2. The fourth-order valence-electron chi connectivity index (χ4n) is 1.55. The Labute approximate surface area is 111 Å². The van der Waals surface area contributed by atoms with E-state index in [1.54, 1.807) is 11.8 Å². The molecule has 0 aromatic heterocycles. The molecule has 1 fully saturated rings. The van der Waals surface area contributed by atoms with Gasteiger partial charge in [0.1, 0.15) is 12.6 Å². The molecule has 6 nitrogen and oxygen atoms in total. The van der Waals surface area contributed by atoms with Crippen molar-refractivity contribution in [2.24, 2.45) is 0 Å². The Morgan fingerprint density at radius 2 is 2.22 bits per heavy atom. The van der Waals surface area contributed by atoms with Crippen molar-refractivity contribution in [3.63, 3.8) is 0 Å². The molecular weight excluding hydrogens is 256 g/mol. The Balaban J connectivity index is 2.29. The zero-order chi connectivity index (χ0) is 13.6. The molecule has 18 heavy (non-hydrogen) atoms. The van der Waals surface area contributed by atoms with E-state index in [4.69, 9.17) is 9.84 Å². The van der Waals surface area contributed by atoms with Gasteiger partial charge in [0.15, 0.2) is 0 Å². The molecule has 0 unspecified atom stereocenters. The fraction of sp³-hybridized carbons (Fsp3) is 0.818. The first-order valence-electron chi connectivity index (χ1n) is 5.82. The molecule has 1 saturated heterocycles. The van der Waals surface area contributed by atoms with E-state index in [2.05, 4.69) is 10.6 Å². The first-order chi connectivity index (χ1) is 8.47. The second kappa shape index (κ2) is 6.96. The number of rotatable bonds is 8. The van der Waals surface area contributed by atoms with Crippen LogP contribution in [0.4, 0.5) is 0 Å². The number of aliphatic carboxylic acids is 1. The zero-order valence-corrected chi connectivity index (χ0v) is 11.5. The average molecular weight is 276 g/mol. The Bertz CT molecular complexity index is 307. The van der Waals surface area contributed by atoms with Gasteiger partial charge in [-0.15, -0.1) is 0 Å². The summed E-state index contributed by atoms with van der Waals surface area (Å²) in [7, 11) is 0. The van der Waals surface area contributed by atoms with Gasteiger partial charge in [0.25, 0.3) is 0 Å². The normalized spacial score (nSPS) is 18.8. The maximum atomic E-state index is 11.6. The van der Waals surface area contributed by atoms with Crippen LogP contribution in [-0.2, 0) is 14.3 Å². The Morgan fingerprint density at radius 1 is 1.56 bits per heavy atom. The molecule has 0 aromatic carbocycles. The first-order valence-corrected chi connectivity index (χ1v) is 7.22. The lowest BCUT2D eigenvalue weighted by atomic mass is 10.0. The van der Waals surface area contributed by atoms with Crippen molar-refractivity contribution in [3.05, 3.63) is 0 Å². The minimum Gasteiger partial charge on any atom is -0.480 e. The summed E-state index contributed by atoms with van der Waals surface area (Å²) in [6.45, 7) is 3.25. The van der Waals surface area contributed by atoms with Gasteiger partial charge in [-0.3, -0.25) is 4.79 Å². The lowest BCUT2D eigenvalue weighted by Gasteiger charge is -2.38. The molecule has 1 heterocycles. The lowest BCUT2D eigenvalue weighted by molar-refractivity contribution is -0.145. The van der Waals surface area contributed by atoms with Crippen molar-refractivity contribution < 1.29 is 19.4 Å². The van der Waals surface area contributed by atoms with Crippen molar-refractivity contribution in [2.45, 2.75) is 25.0 Å². The number of amides is 1. The highest BCUT2D eigenvalue weighted by atomic mass is 32.2. The number of carbonyl (C=O) groups excluding carboxylic acids is 1. The minimum absolute atomic E-state index is 0.0960. The highest BCUT2D eigenvalue weighted by molar-refractivity contribution is 7.98. The van der Waals surface area contributed by atoms with Crippen molar-refractivity contribution in [1.82, 2.24) is 10.6 Å². The van der Waals surface area contributed by atoms with Crippen LogP contribution in [0.3, 0.4) is 0 Å². The second-order valence-electron chi connectivity index (χ2n) is 4.58. The van der Waals surface area contributed by atoms with E-state index in [-0.39, 0.29) is 18.1 Å². The average Bonchev–Trinajstić information content (AvgIpc) is 2.29. The van der Waals surface area contributed by atoms with Crippen molar-refractivity contribution in [3.8, 4) is 0 Å². The fourth-order valence-corrected chi connectivity index (χ4v) is 2.02. The summed E-state index contributed by atoms with van der Waals surface area (Å²) in [6, 6.07) is -0.833. The third kappa shape index (κ3) is 4.83. The molecule has 0 bridgehead atoms. The van der Waals surface area contributed by atoms with Crippen LogP contribution in [-0.4, -0.2) is 60.3 Å². The van der Waals surface area contributed by atoms with Crippen LogP contribution in [0, 0.1) is 0 Å². The molecule has 0 radical (unpaired) electrons. The topological polar surface area (TPSA) is 87.7 Å². The number of hydrogen-bond acceptors (Lipinski definition) is 5. The van der Waals surface area contributed by atoms with E-state index < -0.39 is 12.0 Å². The van der Waals surface area contributed by atoms with Crippen LogP contribution in [0.2, 0.25) is 0 Å². The molecule has 0 aromatic rings. The van der Waals surface area contributed by atoms with Crippen molar-refractivity contribution >= 4 is 23.6 Å². The molecule has 104 valence electrons. The third-order valence-corrected chi connectivity index (χ3v) is 3.44. The number of carboxylic acid groups (broad SMARTS) is 1. The van der Waals surface area contributed by atoms with Gasteiger partial charge < -0.3 is 20.5 Å². The van der Waals surface area contributed by atoms with Crippen molar-refractivity contribution in [2.75, 3.05) is 31.7 Å². The molecule has 3 N–H and O–H groups in total. The molecule has 0 spiro atoms. The molecule has 1 aliphatic rings. The summed E-state index contributed by atoms with van der Waals surface area (Å²) in [4.78, 5) is 22.5. The van der Waals surface area contributed by atoms with Crippen LogP contribution in [0.25, 0.3) is 0 Å². The molecule has 7 heteroatoms. The van der Waals surface area contributed by atoms with Gasteiger partial charge in [-0.2, -0.15) is 11.8 Å². The van der Waals surface area contributed by atoms with E-state index in [0.717, 1.165) is 13.1 Å². The van der Waals surface area contributed by atoms with Gasteiger partial charge in [0.2, 0.25) is 5.91 Å². The summed E-state index contributed by atoms with van der Waals surface area (Å²) < 4.78 is 5.44. The largest absolute Gasteiger partial charge is 0.480 e. The third-order valence-electron chi connectivity index (χ3n) is 2.79. The van der Waals surface area contributed by atoms with Crippen LogP contribution in [0.5, 0.6) is 0 Å². The smallest absolute Gasteiger partial charge is 0.326 e. The summed E-state index contributed by atoms with van der Waals surface area (Å²) in [5, 5.41) is 14.5. The maximum Gasteiger partial charge on any atom is 0.326 e. The van der Waals surface area contributed by atoms with E-state index >= 15 is 0 Å². The monoisotopic (exact) mass is 276 g/mol. The lowest BCUT2D eigenvalue weighted by Crippen LogP contribution is -2.60. The van der Waals surface area contributed by atoms with E-state index in [1.807, 2.05) is 13.2 Å². The van der Waals surface area contributed by atoms with Crippen LogP contribution in [0.1, 0.15) is 13.3 Å². The summed E-state index contributed by atoms with van der Waals surface area (Å²) in [5.41, 5.74) is -0.296. The Hall–Kier alpha value is -0.790. The van der Waals surface area contributed by atoms with Gasteiger partial charge in [0.05, 0.1) is 5.60 Å². The number of hydrogen-bond donors (Lipinski definition) is 3. The van der Waals surface area contributed by atoms with Gasteiger partial charge in [-0.25, -0.2) is 4.79 Å². The Kier molecular flexibility index (Phi) is 5.90. The highest BCUT2D eigenvalue weighted by Gasteiger charge is 2.33. The number of ether oxygens (including phenoxy) is 1. The van der Waals surface area contributed by atoms with Crippen LogP contribution < -0.4 is 10.6 Å².